The smallest absolute Gasteiger partial charge is 0.193 e. The van der Waals surface area contributed by atoms with E-state index in [0.717, 1.165) is 30.9 Å². The zero-order valence-electron chi connectivity index (χ0n) is 15.1. The first kappa shape index (κ1) is 17.9. The molecule has 0 atom stereocenters. The minimum atomic E-state index is 0.0247. The number of benzene rings is 2. The van der Waals surface area contributed by atoms with E-state index in [-0.39, 0.29) is 5.78 Å². The van der Waals surface area contributed by atoms with Crippen molar-refractivity contribution in [1.82, 2.24) is 9.55 Å². The van der Waals surface area contributed by atoms with E-state index in [1.165, 1.54) is 12.8 Å². The number of rotatable bonds is 9. The van der Waals surface area contributed by atoms with E-state index < -0.39 is 0 Å². The molecule has 4 heteroatoms. The van der Waals surface area contributed by atoms with Crippen LogP contribution >= 0.6 is 0 Å². The maximum Gasteiger partial charge on any atom is 0.193 e. The third kappa shape index (κ3) is 4.82. The van der Waals surface area contributed by atoms with Crippen molar-refractivity contribution in [2.45, 2.75) is 32.7 Å². The first-order valence-electron chi connectivity index (χ1n) is 9.08. The average molecular weight is 348 g/mol. The summed E-state index contributed by atoms with van der Waals surface area (Å²) in [4.78, 5) is 16.7. The molecule has 26 heavy (non-hydrogen) atoms. The minimum absolute atomic E-state index is 0.0247. The van der Waals surface area contributed by atoms with Crippen LogP contribution < -0.4 is 4.74 Å². The molecule has 0 N–H and O–H groups in total. The number of imidazole rings is 1. The van der Waals surface area contributed by atoms with Crippen LogP contribution in [0, 0.1) is 0 Å². The van der Waals surface area contributed by atoms with Gasteiger partial charge in [0.05, 0.1) is 12.9 Å². The van der Waals surface area contributed by atoms with Gasteiger partial charge in [-0.15, -0.1) is 0 Å². The van der Waals surface area contributed by atoms with Crippen LogP contribution in [0.3, 0.4) is 0 Å². The van der Waals surface area contributed by atoms with Crippen LogP contribution in [-0.4, -0.2) is 21.9 Å². The van der Waals surface area contributed by atoms with Crippen molar-refractivity contribution in [3.05, 3.63) is 83.9 Å². The monoisotopic (exact) mass is 348 g/mol. The van der Waals surface area contributed by atoms with E-state index in [1.54, 1.807) is 12.5 Å². The molecule has 2 aromatic carbocycles. The molecule has 1 heterocycles. The van der Waals surface area contributed by atoms with E-state index in [0.29, 0.717) is 11.1 Å². The fourth-order valence-corrected chi connectivity index (χ4v) is 2.76. The second kappa shape index (κ2) is 8.99. The Morgan fingerprint density at radius 2 is 1.69 bits per heavy atom. The molecule has 0 spiro atoms. The Hall–Kier alpha value is -2.88. The maximum absolute atomic E-state index is 12.6. The number of aromatic nitrogens is 2. The van der Waals surface area contributed by atoms with Crippen molar-refractivity contribution in [3.8, 4) is 5.75 Å². The quantitative estimate of drug-likeness (QED) is 0.415. The Morgan fingerprint density at radius 1 is 1.00 bits per heavy atom. The van der Waals surface area contributed by atoms with Crippen molar-refractivity contribution in [2.24, 2.45) is 0 Å². The van der Waals surface area contributed by atoms with Crippen LogP contribution in [0.4, 0.5) is 0 Å². The highest BCUT2D eigenvalue weighted by Crippen LogP contribution is 2.17. The van der Waals surface area contributed by atoms with Crippen LogP contribution in [0.25, 0.3) is 0 Å². The number of carbonyl (C=O) groups is 1. The van der Waals surface area contributed by atoms with Gasteiger partial charge in [0, 0.05) is 30.1 Å². The van der Waals surface area contributed by atoms with Crippen molar-refractivity contribution in [3.63, 3.8) is 0 Å². The third-order valence-electron chi connectivity index (χ3n) is 4.27. The highest BCUT2D eigenvalue weighted by molar-refractivity contribution is 6.09. The van der Waals surface area contributed by atoms with Gasteiger partial charge in [-0.05, 0) is 36.2 Å². The van der Waals surface area contributed by atoms with Gasteiger partial charge in [-0.25, -0.2) is 4.98 Å². The van der Waals surface area contributed by atoms with E-state index in [4.69, 9.17) is 4.74 Å². The summed E-state index contributed by atoms with van der Waals surface area (Å²) in [6.07, 6.45) is 8.87. The SMILES string of the molecule is CCCCCOc1ccc(C(=O)c2ccc(Cn3ccnc3)cc2)cc1. The molecule has 1 aromatic heterocycles. The number of nitrogens with zero attached hydrogens (tertiary/aromatic N) is 2. The molecule has 0 aliphatic carbocycles. The van der Waals surface area contributed by atoms with Gasteiger partial charge >= 0.3 is 0 Å². The van der Waals surface area contributed by atoms with E-state index in [9.17, 15) is 4.79 Å². The second-order valence-corrected chi connectivity index (χ2v) is 6.34. The molecule has 4 nitrogen and oxygen atoms in total. The molecule has 3 aromatic rings. The van der Waals surface area contributed by atoms with Crippen molar-refractivity contribution in [2.75, 3.05) is 6.61 Å². The lowest BCUT2D eigenvalue weighted by Crippen LogP contribution is -2.03. The molecule has 0 fully saturated rings. The van der Waals surface area contributed by atoms with E-state index in [2.05, 4.69) is 11.9 Å². The number of unbranched alkanes of at least 4 members (excludes halogenated alkanes) is 2. The Morgan fingerprint density at radius 3 is 2.31 bits per heavy atom. The van der Waals surface area contributed by atoms with Crippen LogP contribution in [-0.2, 0) is 6.54 Å². The lowest BCUT2D eigenvalue weighted by Gasteiger charge is -2.07. The molecule has 0 amide bonds. The summed E-state index contributed by atoms with van der Waals surface area (Å²) < 4.78 is 7.69. The van der Waals surface area contributed by atoms with Gasteiger partial charge in [-0.1, -0.05) is 44.0 Å². The lowest BCUT2D eigenvalue weighted by atomic mass is 10.0. The highest BCUT2D eigenvalue weighted by atomic mass is 16.5. The van der Waals surface area contributed by atoms with Gasteiger partial charge in [-0.3, -0.25) is 4.79 Å². The van der Waals surface area contributed by atoms with Gasteiger partial charge < -0.3 is 9.30 Å². The summed E-state index contributed by atoms with van der Waals surface area (Å²) in [6, 6.07) is 15.1. The number of hydrogen-bond donors (Lipinski definition) is 0. The Bertz CT molecular complexity index is 806. The summed E-state index contributed by atoms with van der Waals surface area (Å²) in [5.41, 5.74) is 2.50. The summed E-state index contributed by atoms with van der Waals surface area (Å²) in [6.45, 7) is 3.64. The third-order valence-corrected chi connectivity index (χ3v) is 4.27. The van der Waals surface area contributed by atoms with Gasteiger partial charge in [0.2, 0.25) is 0 Å². The molecule has 0 radical (unpaired) electrons. The highest BCUT2D eigenvalue weighted by Gasteiger charge is 2.09. The normalized spacial score (nSPS) is 10.7. The van der Waals surface area contributed by atoms with Crippen LogP contribution in [0.5, 0.6) is 5.75 Å². The predicted octanol–water partition coefficient (Wildman–Crippen LogP) is 4.73. The van der Waals surface area contributed by atoms with Gasteiger partial charge in [0.15, 0.2) is 5.78 Å². The fraction of sp³-hybridized carbons (Fsp3) is 0.273. The molecule has 0 saturated carbocycles. The van der Waals surface area contributed by atoms with Gasteiger partial charge in [0.25, 0.3) is 0 Å². The maximum atomic E-state index is 12.6. The molecule has 0 aliphatic rings. The van der Waals surface area contributed by atoms with Gasteiger partial charge in [-0.2, -0.15) is 0 Å². The van der Waals surface area contributed by atoms with E-state index in [1.807, 2.05) is 59.3 Å². The molecule has 0 saturated heterocycles. The Labute approximate surface area is 154 Å². The molecular weight excluding hydrogens is 324 g/mol. The first-order valence-corrected chi connectivity index (χ1v) is 9.08. The van der Waals surface area contributed by atoms with Crippen LogP contribution in [0.1, 0.15) is 47.7 Å². The zero-order chi connectivity index (χ0) is 18.2. The Kier molecular flexibility index (Phi) is 6.20. The second-order valence-electron chi connectivity index (χ2n) is 6.34. The molecule has 0 bridgehead atoms. The van der Waals surface area contributed by atoms with Crippen LogP contribution in [0.15, 0.2) is 67.3 Å². The average Bonchev–Trinajstić information content (AvgIpc) is 3.19. The number of ether oxygens (including phenoxy) is 1. The fourth-order valence-electron chi connectivity index (χ4n) is 2.76. The zero-order valence-corrected chi connectivity index (χ0v) is 15.1. The summed E-state index contributed by atoms with van der Waals surface area (Å²) in [5, 5.41) is 0. The summed E-state index contributed by atoms with van der Waals surface area (Å²) in [7, 11) is 0. The standard InChI is InChI=1S/C22H24N2O2/c1-2-3-4-15-26-21-11-9-20(10-12-21)22(25)19-7-5-18(6-8-19)16-24-14-13-23-17-24/h5-14,17H,2-4,15-16H2,1H3. The number of carbonyl (C=O) groups excluding carboxylic acids is 1. The van der Waals surface area contributed by atoms with Crippen molar-refractivity contribution in [1.29, 1.82) is 0 Å². The summed E-state index contributed by atoms with van der Waals surface area (Å²) in [5.74, 6) is 0.838. The molecular formula is C22H24N2O2. The Balaban J connectivity index is 1.59. The molecule has 3 rings (SSSR count). The minimum Gasteiger partial charge on any atom is -0.494 e. The number of ketones is 1. The lowest BCUT2D eigenvalue weighted by molar-refractivity contribution is 0.103. The van der Waals surface area contributed by atoms with Gasteiger partial charge in [0.1, 0.15) is 5.75 Å². The van der Waals surface area contributed by atoms with Crippen LogP contribution in [0.2, 0.25) is 0 Å². The molecule has 0 unspecified atom stereocenters. The molecule has 0 aliphatic heterocycles. The summed E-state index contributed by atoms with van der Waals surface area (Å²) >= 11 is 0. The number of hydrogen-bond acceptors (Lipinski definition) is 3. The largest absolute Gasteiger partial charge is 0.494 e. The topological polar surface area (TPSA) is 44.1 Å². The van der Waals surface area contributed by atoms with E-state index >= 15 is 0 Å². The van der Waals surface area contributed by atoms with Crippen molar-refractivity contribution < 1.29 is 9.53 Å². The molecule has 134 valence electrons. The first-order chi connectivity index (χ1) is 12.8. The van der Waals surface area contributed by atoms with Crippen molar-refractivity contribution >= 4 is 5.78 Å². The predicted molar refractivity (Wildman–Crippen MR) is 103 cm³/mol.